The summed E-state index contributed by atoms with van der Waals surface area (Å²) in [6.45, 7) is 4.05. The number of nitrogens with zero attached hydrogens (tertiary/aromatic N) is 2. The number of aromatic nitrogens is 2. The van der Waals surface area contributed by atoms with Gasteiger partial charge in [-0.05, 0) is 13.3 Å². The molecule has 1 atom stereocenters. The molecule has 1 unspecified atom stereocenters. The number of aliphatic hydroxyl groups excluding tert-OH is 1. The zero-order valence-corrected chi connectivity index (χ0v) is 7.99. The van der Waals surface area contributed by atoms with Crippen molar-refractivity contribution in [2.24, 2.45) is 0 Å². The van der Waals surface area contributed by atoms with Crippen LogP contribution in [0.15, 0.2) is 12.4 Å². The molecule has 0 saturated carbocycles. The van der Waals surface area contributed by atoms with Gasteiger partial charge in [-0.15, -0.1) is 0 Å². The summed E-state index contributed by atoms with van der Waals surface area (Å²) in [5, 5.41) is 12.1. The third kappa shape index (κ3) is 2.99. The summed E-state index contributed by atoms with van der Waals surface area (Å²) in [4.78, 5) is 8.03. The van der Waals surface area contributed by atoms with Crippen molar-refractivity contribution in [3.8, 4) is 0 Å². The molecule has 4 nitrogen and oxygen atoms in total. The Hall–Kier alpha value is -1.16. The molecular formula is C9H15N3O. The van der Waals surface area contributed by atoms with E-state index >= 15 is 0 Å². The topological polar surface area (TPSA) is 58.0 Å². The minimum absolute atomic E-state index is 0.0781. The maximum absolute atomic E-state index is 8.95. The van der Waals surface area contributed by atoms with E-state index in [0.29, 0.717) is 0 Å². The Kier molecular flexibility index (Phi) is 3.64. The van der Waals surface area contributed by atoms with Gasteiger partial charge in [0.05, 0.1) is 12.6 Å². The molecule has 0 aliphatic rings. The third-order valence-electron chi connectivity index (χ3n) is 1.87. The van der Waals surface area contributed by atoms with Gasteiger partial charge in [-0.2, -0.15) is 0 Å². The molecule has 0 aromatic carbocycles. The molecule has 0 aliphatic heterocycles. The molecule has 0 bridgehead atoms. The van der Waals surface area contributed by atoms with Crippen LogP contribution in [0.2, 0.25) is 0 Å². The van der Waals surface area contributed by atoms with Crippen molar-refractivity contribution in [2.75, 3.05) is 11.9 Å². The molecule has 0 radical (unpaired) electrons. The van der Waals surface area contributed by atoms with E-state index in [1.165, 1.54) is 6.33 Å². The van der Waals surface area contributed by atoms with E-state index in [0.717, 1.165) is 17.9 Å². The zero-order valence-electron chi connectivity index (χ0n) is 7.99. The number of aryl methyl sites for hydroxylation is 1. The lowest BCUT2D eigenvalue weighted by Gasteiger charge is -2.14. The van der Waals surface area contributed by atoms with Gasteiger partial charge < -0.3 is 10.4 Å². The summed E-state index contributed by atoms with van der Waals surface area (Å²) in [5.41, 5.74) is 0.922. The van der Waals surface area contributed by atoms with Crippen LogP contribution in [0.25, 0.3) is 0 Å². The van der Waals surface area contributed by atoms with Crippen LogP contribution < -0.4 is 5.32 Å². The molecule has 1 rings (SSSR count). The molecule has 0 saturated heterocycles. The van der Waals surface area contributed by atoms with Gasteiger partial charge in [0.25, 0.3) is 0 Å². The molecule has 0 spiro atoms. The van der Waals surface area contributed by atoms with Crippen LogP contribution in [-0.2, 0) is 0 Å². The zero-order chi connectivity index (χ0) is 9.68. The van der Waals surface area contributed by atoms with Crippen LogP contribution in [0.4, 0.5) is 5.82 Å². The summed E-state index contributed by atoms with van der Waals surface area (Å²) < 4.78 is 0. The number of hydrogen-bond donors (Lipinski definition) is 2. The first-order chi connectivity index (χ1) is 6.26. The van der Waals surface area contributed by atoms with Gasteiger partial charge in [-0.3, -0.25) is 0 Å². The Morgan fingerprint density at radius 1 is 1.54 bits per heavy atom. The number of anilines is 1. The van der Waals surface area contributed by atoms with Crippen molar-refractivity contribution < 1.29 is 5.11 Å². The van der Waals surface area contributed by atoms with E-state index in [1.54, 1.807) is 0 Å². The summed E-state index contributed by atoms with van der Waals surface area (Å²) in [5.74, 6) is 0.772. The highest BCUT2D eigenvalue weighted by Gasteiger charge is 2.04. The highest BCUT2D eigenvalue weighted by Crippen LogP contribution is 2.05. The van der Waals surface area contributed by atoms with E-state index in [2.05, 4.69) is 15.3 Å². The monoisotopic (exact) mass is 181 g/mol. The fraction of sp³-hybridized carbons (Fsp3) is 0.556. The fourth-order valence-electron chi connectivity index (χ4n) is 1.02. The second-order valence-corrected chi connectivity index (χ2v) is 2.98. The number of aliphatic hydroxyl groups is 1. The predicted molar refractivity (Wildman–Crippen MR) is 51.6 cm³/mol. The van der Waals surface area contributed by atoms with Gasteiger partial charge in [0.15, 0.2) is 0 Å². The minimum atomic E-state index is 0.0781. The van der Waals surface area contributed by atoms with E-state index < -0.39 is 0 Å². The maximum atomic E-state index is 8.95. The van der Waals surface area contributed by atoms with Gasteiger partial charge in [0.1, 0.15) is 12.1 Å². The second kappa shape index (κ2) is 4.77. The summed E-state index contributed by atoms with van der Waals surface area (Å²) >= 11 is 0. The third-order valence-corrected chi connectivity index (χ3v) is 1.87. The average molecular weight is 181 g/mol. The first-order valence-corrected chi connectivity index (χ1v) is 4.42. The molecule has 2 N–H and O–H groups in total. The molecule has 0 aliphatic carbocycles. The van der Waals surface area contributed by atoms with Gasteiger partial charge in [0.2, 0.25) is 0 Å². The molecule has 1 heterocycles. The quantitative estimate of drug-likeness (QED) is 0.726. The Morgan fingerprint density at radius 2 is 2.31 bits per heavy atom. The van der Waals surface area contributed by atoms with E-state index in [9.17, 15) is 0 Å². The van der Waals surface area contributed by atoms with Gasteiger partial charge in [-0.25, -0.2) is 9.97 Å². The smallest absolute Gasteiger partial charge is 0.129 e. The lowest BCUT2D eigenvalue weighted by atomic mass is 10.2. The SMILES string of the molecule is CCC(CO)Nc1cc(C)ncn1. The van der Waals surface area contributed by atoms with Crippen LogP contribution in [0.5, 0.6) is 0 Å². The average Bonchev–Trinajstić information content (AvgIpc) is 2.14. The van der Waals surface area contributed by atoms with E-state index in [-0.39, 0.29) is 12.6 Å². The van der Waals surface area contributed by atoms with Crippen molar-refractivity contribution in [1.29, 1.82) is 0 Å². The number of nitrogens with one attached hydrogen (secondary N) is 1. The normalized spacial score (nSPS) is 12.5. The maximum Gasteiger partial charge on any atom is 0.129 e. The van der Waals surface area contributed by atoms with Crippen molar-refractivity contribution in [2.45, 2.75) is 26.3 Å². The van der Waals surface area contributed by atoms with Gasteiger partial charge >= 0.3 is 0 Å². The Labute approximate surface area is 78.0 Å². The highest BCUT2D eigenvalue weighted by molar-refractivity contribution is 5.35. The number of rotatable bonds is 4. The van der Waals surface area contributed by atoms with Crippen molar-refractivity contribution in [3.05, 3.63) is 18.1 Å². The number of hydrogen-bond acceptors (Lipinski definition) is 4. The molecule has 1 aromatic heterocycles. The molecule has 72 valence electrons. The minimum Gasteiger partial charge on any atom is -0.394 e. The standard InChI is InChI=1S/C9H15N3O/c1-3-8(5-13)12-9-4-7(2)10-6-11-9/h4,6,8,13H,3,5H2,1-2H3,(H,10,11,12). The van der Waals surface area contributed by atoms with Gasteiger partial charge in [-0.1, -0.05) is 6.92 Å². The summed E-state index contributed by atoms with van der Waals surface area (Å²) in [6.07, 6.45) is 2.39. The Morgan fingerprint density at radius 3 is 2.85 bits per heavy atom. The Balaban J connectivity index is 2.62. The largest absolute Gasteiger partial charge is 0.394 e. The highest BCUT2D eigenvalue weighted by atomic mass is 16.3. The van der Waals surface area contributed by atoms with E-state index in [1.807, 2.05) is 19.9 Å². The van der Waals surface area contributed by atoms with Crippen LogP contribution in [-0.4, -0.2) is 27.7 Å². The predicted octanol–water partition coefficient (Wildman–Crippen LogP) is 0.968. The lowest BCUT2D eigenvalue weighted by molar-refractivity contribution is 0.271. The van der Waals surface area contributed by atoms with Crippen LogP contribution >= 0.6 is 0 Å². The van der Waals surface area contributed by atoms with Crippen LogP contribution in [0.3, 0.4) is 0 Å². The molecule has 13 heavy (non-hydrogen) atoms. The molecule has 0 fully saturated rings. The summed E-state index contributed by atoms with van der Waals surface area (Å²) in [6, 6.07) is 1.94. The van der Waals surface area contributed by atoms with Gasteiger partial charge in [0, 0.05) is 11.8 Å². The second-order valence-electron chi connectivity index (χ2n) is 2.98. The van der Waals surface area contributed by atoms with Crippen molar-refractivity contribution in [1.82, 2.24) is 9.97 Å². The Bertz CT molecular complexity index is 261. The fourth-order valence-corrected chi connectivity index (χ4v) is 1.02. The van der Waals surface area contributed by atoms with Crippen molar-refractivity contribution >= 4 is 5.82 Å². The first kappa shape index (κ1) is 9.92. The van der Waals surface area contributed by atoms with Crippen molar-refractivity contribution in [3.63, 3.8) is 0 Å². The summed E-state index contributed by atoms with van der Waals surface area (Å²) in [7, 11) is 0. The molecular weight excluding hydrogens is 166 g/mol. The van der Waals surface area contributed by atoms with Crippen LogP contribution in [0, 0.1) is 6.92 Å². The van der Waals surface area contributed by atoms with Crippen LogP contribution in [0.1, 0.15) is 19.0 Å². The first-order valence-electron chi connectivity index (χ1n) is 4.42. The van der Waals surface area contributed by atoms with E-state index in [4.69, 9.17) is 5.11 Å². The molecule has 0 amide bonds. The molecule has 1 aromatic rings. The molecule has 4 heteroatoms. The lowest BCUT2D eigenvalue weighted by Crippen LogP contribution is -2.23.